The maximum atomic E-state index is 10.8. The van der Waals surface area contributed by atoms with E-state index in [9.17, 15) is 14.9 Å². The van der Waals surface area contributed by atoms with Gasteiger partial charge in [-0.2, -0.15) is 0 Å². The van der Waals surface area contributed by atoms with Crippen molar-refractivity contribution in [3.63, 3.8) is 0 Å². The number of nitrogens with zero attached hydrogens (tertiary/aromatic N) is 2. The Kier molecular flexibility index (Phi) is 3.94. The van der Waals surface area contributed by atoms with Crippen molar-refractivity contribution in [2.24, 2.45) is 0 Å². The quantitative estimate of drug-likeness (QED) is 0.505. The first-order chi connectivity index (χ1) is 7.95. The van der Waals surface area contributed by atoms with Crippen molar-refractivity contribution in [1.29, 1.82) is 0 Å². The fourth-order valence-corrected chi connectivity index (χ4v) is 1.14. The van der Waals surface area contributed by atoms with Gasteiger partial charge in [0.15, 0.2) is 0 Å². The average molecular weight is 241 g/mol. The Morgan fingerprint density at radius 3 is 2.82 bits per heavy atom. The molecule has 0 aromatic carbocycles. The fourth-order valence-electron chi connectivity index (χ4n) is 1.14. The number of aromatic carboxylic acids is 1. The van der Waals surface area contributed by atoms with Crippen LogP contribution in [0.5, 0.6) is 0 Å². The van der Waals surface area contributed by atoms with Gasteiger partial charge in [-0.1, -0.05) is 0 Å². The maximum absolute atomic E-state index is 10.8. The van der Waals surface area contributed by atoms with Gasteiger partial charge < -0.3 is 15.5 Å². The van der Waals surface area contributed by atoms with Gasteiger partial charge in [-0.25, -0.2) is 9.78 Å². The highest BCUT2D eigenvalue weighted by Crippen LogP contribution is 2.20. The molecule has 8 nitrogen and oxygen atoms in total. The third-order valence-corrected chi connectivity index (χ3v) is 1.98. The summed E-state index contributed by atoms with van der Waals surface area (Å²) < 4.78 is 0. The lowest BCUT2D eigenvalue weighted by Crippen LogP contribution is -2.20. The van der Waals surface area contributed by atoms with Crippen LogP contribution in [0.1, 0.15) is 17.3 Å². The number of carboxylic acids is 1. The van der Waals surface area contributed by atoms with E-state index in [1.54, 1.807) is 6.92 Å². The van der Waals surface area contributed by atoms with Gasteiger partial charge in [0.2, 0.25) is 0 Å². The molecule has 1 atom stereocenters. The summed E-state index contributed by atoms with van der Waals surface area (Å²) in [6.45, 7) is 1.49. The molecule has 1 aromatic heterocycles. The Labute approximate surface area is 96.1 Å². The highest BCUT2D eigenvalue weighted by atomic mass is 16.6. The van der Waals surface area contributed by atoms with E-state index in [2.05, 4.69) is 10.3 Å². The third-order valence-electron chi connectivity index (χ3n) is 1.98. The van der Waals surface area contributed by atoms with E-state index in [0.29, 0.717) is 0 Å². The summed E-state index contributed by atoms with van der Waals surface area (Å²) in [4.78, 5) is 24.3. The van der Waals surface area contributed by atoms with Gasteiger partial charge in [-0.15, -0.1) is 0 Å². The summed E-state index contributed by atoms with van der Waals surface area (Å²) in [5, 5.41) is 30.9. The second-order valence-electron chi connectivity index (χ2n) is 3.38. The molecular weight excluding hydrogens is 230 g/mol. The molecular formula is C9H11N3O5. The summed E-state index contributed by atoms with van der Waals surface area (Å²) in [5.74, 6) is -1.24. The molecule has 0 fully saturated rings. The highest BCUT2D eigenvalue weighted by Gasteiger charge is 2.21. The number of carbonyl (C=O) groups is 1. The van der Waals surface area contributed by atoms with E-state index >= 15 is 0 Å². The first-order valence-electron chi connectivity index (χ1n) is 4.70. The number of carboxylic acid groups (broad SMARTS) is 1. The number of nitro groups is 1. The van der Waals surface area contributed by atoms with E-state index in [-0.39, 0.29) is 18.5 Å². The molecule has 0 amide bonds. The minimum Gasteiger partial charge on any atom is -0.477 e. The predicted molar refractivity (Wildman–Crippen MR) is 58.0 cm³/mol. The minimum absolute atomic E-state index is 0.162. The summed E-state index contributed by atoms with van der Waals surface area (Å²) in [7, 11) is 0. The summed E-state index contributed by atoms with van der Waals surface area (Å²) in [6.07, 6.45) is 0.871. The van der Waals surface area contributed by atoms with Crippen LogP contribution in [0, 0.1) is 10.1 Å². The van der Waals surface area contributed by atoms with Crippen molar-refractivity contribution in [3.05, 3.63) is 27.9 Å². The molecule has 0 saturated heterocycles. The maximum Gasteiger partial charge on any atom is 0.342 e. The van der Waals surface area contributed by atoms with Gasteiger partial charge in [0, 0.05) is 12.1 Å². The molecule has 92 valence electrons. The van der Waals surface area contributed by atoms with Crippen LogP contribution in [0.3, 0.4) is 0 Å². The predicted octanol–water partition coefficient (Wildman–Crippen LogP) is 0.481. The lowest BCUT2D eigenvalue weighted by Gasteiger charge is -2.11. The SMILES string of the molecule is CC(CO)Nc1cc(C(=O)O)c([N+](=O)[O-])cn1. The largest absolute Gasteiger partial charge is 0.477 e. The van der Waals surface area contributed by atoms with Crippen molar-refractivity contribution in [2.75, 3.05) is 11.9 Å². The molecule has 1 aromatic rings. The van der Waals surface area contributed by atoms with Crippen molar-refractivity contribution < 1.29 is 19.9 Å². The average Bonchev–Trinajstić information content (AvgIpc) is 2.28. The second-order valence-corrected chi connectivity index (χ2v) is 3.38. The second kappa shape index (κ2) is 5.21. The Balaban J connectivity index is 3.10. The van der Waals surface area contributed by atoms with Gasteiger partial charge in [0.1, 0.15) is 17.6 Å². The number of aromatic nitrogens is 1. The van der Waals surface area contributed by atoms with Crippen LogP contribution < -0.4 is 5.32 Å². The zero-order valence-electron chi connectivity index (χ0n) is 8.95. The van der Waals surface area contributed by atoms with Crippen LogP contribution in [0.15, 0.2) is 12.3 Å². The number of hydrogen-bond acceptors (Lipinski definition) is 6. The van der Waals surface area contributed by atoms with Crippen LogP contribution in [0.25, 0.3) is 0 Å². The van der Waals surface area contributed by atoms with Crippen LogP contribution in [-0.2, 0) is 0 Å². The molecule has 8 heteroatoms. The number of hydrogen-bond donors (Lipinski definition) is 3. The highest BCUT2D eigenvalue weighted by molar-refractivity contribution is 5.93. The number of aliphatic hydroxyl groups excluding tert-OH is 1. The number of pyridine rings is 1. The van der Waals surface area contributed by atoms with Crippen molar-refractivity contribution in [3.8, 4) is 0 Å². The van der Waals surface area contributed by atoms with E-state index < -0.39 is 22.1 Å². The zero-order chi connectivity index (χ0) is 13.0. The van der Waals surface area contributed by atoms with Crippen LogP contribution in [0.4, 0.5) is 11.5 Å². The van der Waals surface area contributed by atoms with E-state index in [0.717, 1.165) is 12.3 Å². The van der Waals surface area contributed by atoms with Crippen LogP contribution in [0.2, 0.25) is 0 Å². The normalized spacial score (nSPS) is 11.9. The van der Waals surface area contributed by atoms with E-state index in [4.69, 9.17) is 10.2 Å². The Bertz CT molecular complexity index is 448. The first kappa shape index (κ1) is 12.8. The number of anilines is 1. The third kappa shape index (κ3) is 3.11. The molecule has 3 N–H and O–H groups in total. The topological polar surface area (TPSA) is 126 Å². The Morgan fingerprint density at radius 2 is 2.35 bits per heavy atom. The molecule has 0 bridgehead atoms. The smallest absolute Gasteiger partial charge is 0.342 e. The Hall–Kier alpha value is -2.22. The molecule has 0 aliphatic heterocycles. The number of aliphatic hydroxyl groups is 1. The fraction of sp³-hybridized carbons (Fsp3) is 0.333. The summed E-state index contributed by atoms with van der Waals surface area (Å²) in [6, 6.07) is 0.734. The lowest BCUT2D eigenvalue weighted by atomic mass is 10.2. The van der Waals surface area contributed by atoms with Crippen molar-refractivity contribution in [1.82, 2.24) is 4.98 Å². The van der Waals surface area contributed by atoms with E-state index in [1.807, 2.05) is 0 Å². The van der Waals surface area contributed by atoms with Crippen molar-refractivity contribution >= 4 is 17.5 Å². The molecule has 17 heavy (non-hydrogen) atoms. The first-order valence-corrected chi connectivity index (χ1v) is 4.70. The molecule has 1 rings (SSSR count). The standard InChI is InChI=1S/C9H11N3O5/c1-5(4-13)11-8-2-6(9(14)15)7(3-10-8)12(16)17/h2-3,5,13H,4H2,1H3,(H,10,11)(H,14,15). The number of rotatable bonds is 5. The molecule has 0 spiro atoms. The molecule has 1 unspecified atom stereocenters. The zero-order valence-corrected chi connectivity index (χ0v) is 8.95. The monoisotopic (exact) mass is 241 g/mol. The van der Waals surface area contributed by atoms with E-state index in [1.165, 1.54) is 0 Å². The summed E-state index contributed by atoms with van der Waals surface area (Å²) >= 11 is 0. The van der Waals surface area contributed by atoms with Crippen LogP contribution in [-0.4, -0.2) is 38.7 Å². The molecule has 0 aliphatic rings. The van der Waals surface area contributed by atoms with Gasteiger partial charge in [-0.05, 0) is 6.92 Å². The van der Waals surface area contributed by atoms with Gasteiger partial charge in [0.05, 0.1) is 11.5 Å². The van der Waals surface area contributed by atoms with Gasteiger partial charge in [-0.3, -0.25) is 10.1 Å². The Morgan fingerprint density at radius 1 is 1.71 bits per heavy atom. The molecule has 0 aliphatic carbocycles. The van der Waals surface area contributed by atoms with Gasteiger partial charge >= 0.3 is 11.7 Å². The van der Waals surface area contributed by atoms with Crippen LogP contribution >= 0.6 is 0 Å². The molecule has 1 heterocycles. The van der Waals surface area contributed by atoms with Gasteiger partial charge in [0.25, 0.3) is 0 Å². The molecule has 0 saturated carbocycles. The van der Waals surface area contributed by atoms with Crippen molar-refractivity contribution in [2.45, 2.75) is 13.0 Å². The lowest BCUT2D eigenvalue weighted by molar-refractivity contribution is -0.385. The summed E-state index contributed by atoms with van der Waals surface area (Å²) in [5.41, 5.74) is -1.02. The minimum atomic E-state index is -1.40. The molecule has 0 radical (unpaired) electrons. The number of nitrogens with one attached hydrogen (secondary N) is 1.